The van der Waals surface area contributed by atoms with Crippen LogP contribution in [0.15, 0.2) is 48.5 Å². The largest absolute Gasteiger partial charge is 0.351 e. The Morgan fingerprint density at radius 2 is 0.944 bits per heavy atom. The first-order chi connectivity index (χ1) is 17.4. The van der Waals surface area contributed by atoms with E-state index in [4.69, 9.17) is 0 Å². The highest BCUT2D eigenvalue weighted by atomic mass is 16.2. The van der Waals surface area contributed by atoms with Crippen LogP contribution >= 0.6 is 0 Å². The Morgan fingerprint density at radius 3 is 1.28 bits per heavy atom. The minimum Gasteiger partial charge on any atom is -0.351 e. The highest BCUT2D eigenvalue weighted by Gasteiger charge is 2.09. The van der Waals surface area contributed by atoms with Crippen molar-refractivity contribution in [2.24, 2.45) is 0 Å². The van der Waals surface area contributed by atoms with E-state index in [2.05, 4.69) is 48.4 Å². The molecular formula is C30H46N4O2. The van der Waals surface area contributed by atoms with Gasteiger partial charge >= 0.3 is 0 Å². The van der Waals surface area contributed by atoms with Gasteiger partial charge in [0.25, 0.3) is 11.8 Å². The fourth-order valence-electron chi connectivity index (χ4n) is 4.04. The molecular weight excluding hydrogens is 448 g/mol. The van der Waals surface area contributed by atoms with Crippen LogP contribution in [0.2, 0.25) is 0 Å². The number of hydrogen-bond donors (Lipinski definition) is 2. The minimum atomic E-state index is -0.0495. The van der Waals surface area contributed by atoms with Crippen molar-refractivity contribution in [3.63, 3.8) is 0 Å². The number of likely N-dealkylation sites (N-methyl/N-ethyl adjacent to an activating group) is 2. The lowest BCUT2D eigenvalue weighted by molar-refractivity contribution is 0.0941. The lowest BCUT2D eigenvalue weighted by Gasteiger charge is -2.16. The second kappa shape index (κ2) is 16.9. The molecule has 0 fully saturated rings. The lowest BCUT2D eigenvalue weighted by atomic mass is 10.0. The van der Waals surface area contributed by atoms with Gasteiger partial charge in [-0.1, -0.05) is 63.8 Å². The van der Waals surface area contributed by atoms with Crippen LogP contribution < -0.4 is 10.6 Å². The quantitative estimate of drug-likeness (QED) is 0.302. The van der Waals surface area contributed by atoms with E-state index < -0.39 is 0 Å². The Labute approximate surface area is 218 Å². The number of nitrogens with zero attached hydrogens (tertiary/aromatic N) is 2. The minimum absolute atomic E-state index is 0.0495. The number of rotatable bonds is 17. The summed E-state index contributed by atoms with van der Waals surface area (Å²) in [5.41, 5.74) is 3.34. The standard InChI is InChI=1S/C30H46N4O2/c1-5-7-9-21-33(3)23-19-31-29(35)27-15-11-25(12-16-27)26-13-17-28(18-14-26)30(36)32-20-24-34(4)22-10-8-6-2/h11-18H,5-10,19-24H2,1-4H3,(H,31,35)(H,32,36). The van der Waals surface area contributed by atoms with E-state index in [0.717, 1.165) is 37.3 Å². The molecule has 0 atom stereocenters. The Hall–Kier alpha value is -2.70. The normalized spacial score (nSPS) is 11.2. The molecule has 198 valence electrons. The summed E-state index contributed by atoms with van der Waals surface area (Å²) in [6.07, 6.45) is 7.33. The van der Waals surface area contributed by atoms with Crippen LogP contribution in [0.1, 0.15) is 73.1 Å². The van der Waals surface area contributed by atoms with Gasteiger partial charge in [0, 0.05) is 37.3 Å². The van der Waals surface area contributed by atoms with Crippen LogP contribution in [-0.2, 0) is 0 Å². The highest BCUT2D eigenvalue weighted by molar-refractivity contribution is 5.95. The van der Waals surface area contributed by atoms with E-state index >= 15 is 0 Å². The summed E-state index contributed by atoms with van der Waals surface area (Å²) in [6.45, 7) is 9.52. The Kier molecular flexibility index (Phi) is 13.8. The molecule has 6 nitrogen and oxygen atoms in total. The van der Waals surface area contributed by atoms with E-state index in [0.29, 0.717) is 24.2 Å². The first-order valence-electron chi connectivity index (χ1n) is 13.6. The van der Waals surface area contributed by atoms with Gasteiger partial charge in [-0.2, -0.15) is 0 Å². The molecule has 0 heterocycles. The summed E-state index contributed by atoms with van der Waals surface area (Å²) in [4.78, 5) is 29.5. The van der Waals surface area contributed by atoms with Crippen molar-refractivity contribution in [3.8, 4) is 11.1 Å². The molecule has 0 aliphatic carbocycles. The smallest absolute Gasteiger partial charge is 0.251 e. The predicted octanol–water partition coefficient (Wildman–Crippen LogP) is 5.06. The monoisotopic (exact) mass is 494 g/mol. The van der Waals surface area contributed by atoms with Gasteiger partial charge in [-0.05, 0) is 75.4 Å². The Balaban J connectivity index is 1.78. The van der Waals surface area contributed by atoms with Gasteiger partial charge in [-0.15, -0.1) is 0 Å². The second-order valence-electron chi connectivity index (χ2n) is 9.69. The molecule has 2 aromatic rings. The van der Waals surface area contributed by atoms with Crippen molar-refractivity contribution in [3.05, 3.63) is 59.7 Å². The van der Waals surface area contributed by atoms with Crippen molar-refractivity contribution >= 4 is 11.8 Å². The van der Waals surface area contributed by atoms with Crippen LogP contribution in [0, 0.1) is 0 Å². The second-order valence-corrected chi connectivity index (χ2v) is 9.69. The molecule has 36 heavy (non-hydrogen) atoms. The SMILES string of the molecule is CCCCCN(C)CCNC(=O)c1ccc(-c2ccc(C(=O)NCCN(C)CCCCC)cc2)cc1. The molecule has 2 N–H and O–H groups in total. The van der Waals surface area contributed by atoms with Gasteiger partial charge in [0.2, 0.25) is 0 Å². The van der Waals surface area contributed by atoms with E-state index in [-0.39, 0.29) is 11.8 Å². The number of carbonyl (C=O) groups excluding carboxylic acids is 2. The van der Waals surface area contributed by atoms with Crippen LogP contribution in [0.3, 0.4) is 0 Å². The fraction of sp³-hybridized carbons (Fsp3) is 0.533. The van der Waals surface area contributed by atoms with Gasteiger partial charge in [-0.25, -0.2) is 0 Å². The van der Waals surface area contributed by atoms with E-state index in [1.807, 2.05) is 48.5 Å². The van der Waals surface area contributed by atoms with Crippen molar-refractivity contribution in [2.45, 2.75) is 52.4 Å². The summed E-state index contributed by atoms with van der Waals surface area (Å²) in [7, 11) is 4.19. The molecule has 0 unspecified atom stereocenters. The number of nitrogens with one attached hydrogen (secondary N) is 2. The van der Waals surface area contributed by atoms with Crippen LogP contribution in [-0.4, -0.2) is 75.0 Å². The van der Waals surface area contributed by atoms with Crippen LogP contribution in [0.25, 0.3) is 11.1 Å². The third kappa shape index (κ3) is 10.9. The number of amides is 2. The number of hydrogen-bond acceptors (Lipinski definition) is 4. The molecule has 0 aliphatic heterocycles. The van der Waals surface area contributed by atoms with E-state index in [9.17, 15) is 9.59 Å². The zero-order chi connectivity index (χ0) is 26.2. The molecule has 6 heteroatoms. The summed E-state index contributed by atoms with van der Waals surface area (Å²) in [6, 6.07) is 15.2. The van der Waals surface area contributed by atoms with Gasteiger partial charge in [0.05, 0.1) is 0 Å². The van der Waals surface area contributed by atoms with Crippen LogP contribution in [0.5, 0.6) is 0 Å². The molecule has 0 radical (unpaired) electrons. The van der Waals surface area contributed by atoms with E-state index in [1.54, 1.807) is 0 Å². The van der Waals surface area contributed by atoms with E-state index in [1.165, 1.54) is 38.5 Å². The molecule has 0 bridgehead atoms. The summed E-state index contributed by atoms with van der Waals surface area (Å²) >= 11 is 0. The zero-order valence-corrected chi connectivity index (χ0v) is 22.8. The Morgan fingerprint density at radius 1 is 0.583 bits per heavy atom. The molecule has 2 rings (SSSR count). The maximum Gasteiger partial charge on any atom is 0.251 e. The average molecular weight is 495 g/mol. The molecule has 0 aromatic heterocycles. The summed E-state index contributed by atoms with van der Waals surface area (Å²) < 4.78 is 0. The van der Waals surface area contributed by atoms with Crippen molar-refractivity contribution < 1.29 is 9.59 Å². The highest BCUT2D eigenvalue weighted by Crippen LogP contribution is 2.20. The van der Waals surface area contributed by atoms with Crippen molar-refractivity contribution in [1.29, 1.82) is 0 Å². The predicted molar refractivity (Wildman–Crippen MR) is 151 cm³/mol. The third-order valence-corrected chi connectivity index (χ3v) is 6.47. The van der Waals surface area contributed by atoms with Crippen LogP contribution in [0.4, 0.5) is 0 Å². The fourth-order valence-corrected chi connectivity index (χ4v) is 4.04. The average Bonchev–Trinajstić information content (AvgIpc) is 2.89. The lowest BCUT2D eigenvalue weighted by Crippen LogP contribution is -2.33. The van der Waals surface area contributed by atoms with Gasteiger partial charge in [-0.3, -0.25) is 9.59 Å². The zero-order valence-electron chi connectivity index (χ0n) is 22.8. The molecule has 2 aromatic carbocycles. The topological polar surface area (TPSA) is 64.7 Å². The molecule has 2 amide bonds. The molecule has 0 spiro atoms. The molecule has 0 saturated heterocycles. The van der Waals surface area contributed by atoms with Crippen molar-refractivity contribution in [1.82, 2.24) is 20.4 Å². The molecule has 0 saturated carbocycles. The number of unbranched alkanes of at least 4 members (excludes halogenated alkanes) is 4. The third-order valence-electron chi connectivity index (χ3n) is 6.47. The summed E-state index contributed by atoms with van der Waals surface area (Å²) in [5, 5.41) is 6.02. The van der Waals surface area contributed by atoms with Crippen molar-refractivity contribution in [2.75, 3.05) is 53.4 Å². The van der Waals surface area contributed by atoms with Gasteiger partial charge < -0.3 is 20.4 Å². The van der Waals surface area contributed by atoms with Gasteiger partial charge in [0.1, 0.15) is 0 Å². The number of carbonyl (C=O) groups is 2. The Bertz CT molecular complexity index is 821. The molecule has 0 aliphatic rings. The first kappa shape index (κ1) is 29.5. The first-order valence-corrected chi connectivity index (χ1v) is 13.6. The maximum absolute atomic E-state index is 12.5. The summed E-state index contributed by atoms with van der Waals surface area (Å²) in [5.74, 6) is -0.0990. The number of benzene rings is 2. The van der Waals surface area contributed by atoms with Gasteiger partial charge in [0.15, 0.2) is 0 Å². The maximum atomic E-state index is 12.5.